The van der Waals surface area contributed by atoms with Gasteiger partial charge in [0.25, 0.3) is 11.8 Å². The summed E-state index contributed by atoms with van der Waals surface area (Å²) in [6.07, 6.45) is 2.01. The van der Waals surface area contributed by atoms with Crippen LogP contribution >= 0.6 is 0 Å². The van der Waals surface area contributed by atoms with Crippen molar-refractivity contribution >= 4 is 17.5 Å². The molecule has 2 aromatic carbocycles. The number of carbonyl (C=O) groups is 2. The summed E-state index contributed by atoms with van der Waals surface area (Å²) in [5.41, 5.74) is 1.74. The molecule has 0 unspecified atom stereocenters. The van der Waals surface area contributed by atoms with Gasteiger partial charge < -0.3 is 15.4 Å². The Balaban J connectivity index is 1.59. The van der Waals surface area contributed by atoms with Gasteiger partial charge in [-0.1, -0.05) is 18.2 Å². The van der Waals surface area contributed by atoms with Crippen LogP contribution in [-0.2, 0) is 6.42 Å². The van der Waals surface area contributed by atoms with Crippen LogP contribution in [0, 0.1) is 5.82 Å². The van der Waals surface area contributed by atoms with Crippen molar-refractivity contribution in [1.29, 1.82) is 0 Å². The maximum Gasteiger partial charge on any atom is 0.269 e. The summed E-state index contributed by atoms with van der Waals surface area (Å²) in [4.78, 5) is 28.7. The van der Waals surface area contributed by atoms with Gasteiger partial charge in [-0.3, -0.25) is 14.6 Å². The first kappa shape index (κ1) is 20.0. The molecule has 0 aliphatic carbocycles. The molecule has 148 valence electrons. The molecule has 0 aliphatic rings. The van der Waals surface area contributed by atoms with Crippen LogP contribution in [0.2, 0.25) is 0 Å². The van der Waals surface area contributed by atoms with Crippen molar-refractivity contribution < 1.29 is 18.7 Å². The zero-order valence-electron chi connectivity index (χ0n) is 15.8. The smallest absolute Gasteiger partial charge is 0.269 e. The summed E-state index contributed by atoms with van der Waals surface area (Å²) in [5, 5.41) is 5.38. The van der Waals surface area contributed by atoms with Crippen LogP contribution in [0.25, 0.3) is 0 Å². The van der Waals surface area contributed by atoms with Crippen LogP contribution in [0.3, 0.4) is 0 Å². The van der Waals surface area contributed by atoms with E-state index in [1.807, 2.05) is 24.3 Å². The SMILES string of the molecule is COc1cccc(CCNC(=O)c2cc(C(=O)Nc3cccc(F)c3)ccn2)c1. The second-order valence-electron chi connectivity index (χ2n) is 6.25. The van der Waals surface area contributed by atoms with Gasteiger partial charge in [-0.2, -0.15) is 0 Å². The minimum atomic E-state index is -0.455. The number of ether oxygens (including phenoxy) is 1. The molecule has 0 bridgehead atoms. The Bertz CT molecular complexity index is 1020. The Morgan fingerprint density at radius 1 is 1.03 bits per heavy atom. The van der Waals surface area contributed by atoms with E-state index in [2.05, 4.69) is 15.6 Å². The quantitative estimate of drug-likeness (QED) is 0.644. The highest BCUT2D eigenvalue weighted by atomic mass is 19.1. The van der Waals surface area contributed by atoms with Crippen molar-refractivity contribution in [3.05, 3.63) is 89.5 Å². The molecule has 29 heavy (non-hydrogen) atoms. The fourth-order valence-corrected chi connectivity index (χ4v) is 2.70. The van der Waals surface area contributed by atoms with Crippen molar-refractivity contribution in [3.63, 3.8) is 0 Å². The third-order valence-electron chi connectivity index (χ3n) is 4.17. The lowest BCUT2D eigenvalue weighted by molar-refractivity contribution is 0.0949. The highest BCUT2D eigenvalue weighted by Gasteiger charge is 2.12. The van der Waals surface area contributed by atoms with Crippen molar-refractivity contribution in [2.45, 2.75) is 6.42 Å². The van der Waals surface area contributed by atoms with E-state index in [0.717, 1.165) is 11.3 Å². The molecule has 0 aliphatic heterocycles. The molecular formula is C22H20FN3O3. The van der Waals surface area contributed by atoms with Crippen molar-refractivity contribution in [2.24, 2.45) is 0 Å². The second kappa shape index (κ2) is 9.45. The van der Waals surface area contributed by atoms with E-state index in [9.17, 15) is 14.0 Å². The fraction of sp³-hybridized carbons (Fsp3) is 0.136. The van der Waals surface area contributed by atoms with Gasteiger partial charge in [0, 0.05) is 24.0 Å². The Morgan fingerprint density at radius 2 is 1.86 bits per heavy atom. The highest BCUT2D eigenvalue weighted by Crippen LogP contribution is 2.13. The topological polar surface area (TPSA) is 80.3 Å². The van der Waals surface area contributed by atoms with E-state index >= 15 is 0 Å². The van der Waals surface area contributed by atoms with Gasteiger partial charge in [0.1, 0.15) is 17.3 Å². The number of hydrogen-bond donors (Lipinski definition) is 2. The summed E-state index contributed by atoms with van der Waals surface area (Å²) in [5.74, 6) is -0.530. The number of benzene rings is 2. The maximum atomic E-state index is 13.3. The number of nitrogens with zero attached hydrogens (tertiary/aromatic N) is 1. The standard InChI is InChI=1S/C22H20FN3O3/c1-29-19-7-2-4-15(12-19)8-10-25-22(28)20-13-16(9-11-24-20)21(27)26-18-6-3-5-17(23)14-18/h2-7,9,11-14H,8,10H2,1H3,(H,25,28)(H,26,27). The number of anilines is 1. The third-order valence-corrected chi connectivity index (χ3v) is 4.17. The van der Waals surface area contributed by atoms with E-state index in [1.54, 1.807) is 13.2 Å². The summed E-state index contributed by atoms with van der Waals surface area (Å²) in [6.45, 7) is 0.410. The fourth-order valence-electron chi connectivity index (χ4n) is 2.70. The Morgan fingerprint density at radius 3 is 2.66 bits per heavy atom. The number of halogens is 1. The van der Waals surface area contributed by atoms with Gasteiger partial charge in [0.2, 0.25) is 0 Å². The first-order chi connectivity index (χ1) is 14.0. The number of hydrogen-bond acceptors (Lipinski definition) is 4. The van der Waals surface area contributed by atoms with Crippen LogP contribution in [0.1, 0.15) is 26.4 Å². The number of rotatable bonds is 7. The van der Waals surface area contributed by atoms with E-state index in [1.165, 1.54) is 36.5 Å². The number of carbonyl (C=O) groups excluding carboxylic acids is 2. The van der Waals surface area contributed by atoms with Crippen LogP contribution in [0.15, 0.2) is 66.9 Å². The number of aromatic nitrogens is 1. The number of pyridine rings is 1. The Hall–Kier alpha value is -3.74. The van der Waals surface area contributed by atoms with Crippen LogP contribution in [0.4, 0.5) is 10.1 Å². The molecular weight excluding hydrogens is 373 g/mol. The molecule has 0 radical (unpaired) electrons. The molecule has 3 aromatic rings. The average Bonchev–Trinajstić information content (AvgIpc) is 2.74. The summed E-state index contributed by atoms with van der Waals surface area (Å²) < 4.78 is 18.4. The highest BCUT2D eigenvalue weighted by molar-refractivity contribution is 6.05. The Labute approximate surface area is 167 Å². The largest absolute Gasteiger partial charge is 0.497 e. The number of amides is 2. The molecule has 0 atom stereocenters. The normalized spacial score (nSPS) is 10.3. The summed E-state index contributed by atoms with van der Waals surface area (Å²) in [7, 11) is 1.60. The number of methoxy groups -OCH3 is 1. The summed E-state index contributed by atoms with van der Waals surface area (Å²) in [6, 6.07) is 16.1. The molecule has 3 rings (SSSR count). The first-order valence-corrected chi connectivity index (χ1v) is 8.99. The van der Waals surface area contributed by atoms with E-state index in [-0.39, 0.29) is 17.2 Å². The van der Waals surface area contributed by atoms with Crippen LogP contribution in [-0.4, -0.2) is 30.5 Å². The minimum Gasteiger partial charge on any atom is -0.497 e. The van der Waals surface area contributed by atoms with Crippen molar-refractivity contribution in [2.75, 3.05) is 19.0 Å². The van der Waals surface area contributed by atoms with Gasteiger partial charge in [-0.05, 0) is 54.4 Å². The van der Waals surface area contributed by atoms with Gasteiger partial charge >= 0.3 is 0 Å². The summed E-state index contributed by atoms with van der Waals surface area (Å²) >= 11 is 0. The molecule has 2 amide bonds. The van der Waals surface area contributed by atoms with Crippen LogP contribution in [0.5, 0.6) is 5.75 Å². The molecule has 1 aromatic heterocycles. The second-order valence-corrected chi connectivity index (χ2v) is 6.25. The lowest BCUT2D eigenvalue weighted by Crippen LogP contribution is -2.27. The van der Waals surface area contributed by atoms with Crippen LogP contribution < -0.4 is 15.4 Å². The lowest BCUT2D eigenvalue weighted by atomic mass is 10.1. The first-order valence-electron chi connectivity index (χ1n) is 8.99. The predicted octanol–water partition coefficient (Wildman–Crippen LogP) is 3.45. The molecule has 0 saturated carbocycles. The van der Waals surface area contributed by atoms with Crippen molar-refractivity contribution in [1.82, 2.24) is 10.3 Å². The van der Waals surface area contributed by atoms with E-state index in [0.29, 0.717) is 18.7 Å². The Kier molecular flexibility index (Phi) is 6.52. The molecule has 1 heterocycles. The van der Waals surface area contributed by atoms with Gasteiger partial charge in [-0.15, -0.1) is 0 Å². The average molecular weight is 393 g/mol. The third kappa shape index (κ3) is 5.62. The lowest BCUT2D eigenvalue weighted by Gasteiger charge is -2.08. The maximum absolute atomic E-state index is 13.3. The molecule has 6 nitrogen and oxygen atoms in total. The molecule has 2 N–H and O–H groups in total. The molecule has 0 spiro atoms. The van der Waals surface area contributed by atoms with Crippen molar-refractivity contribution in [3.8, 4) is 5.75 Å². The zero-order chi connectivity index (χ0) is 20.6. The van der Waals surface area contributed by atoms with E-state index in [4.69, 9.17) is 4.74 Å². The van der Waals surface area contributed by atoms with E-state index < -0.39 is 11.7 Å². The molecule has 7 heteroatoms. The predicted molar refractivity (Wildman–Crippen MR) is 108 cm³/mol. The number of nitrogens with one attached hydrogen (secondary N) is 2. The molecule has 0 saturated heterocycles. The monoisotopic (exact) mass is 393 g/mol. The van der Waals surface area contributed by atoms with Gasteiger partial charge in [0.15, 0.2) is 0 Å². The van der Waals surface area contributed by atoms with Gasteiger partial charge in [0.05, 0.1) is 7.11 Å². The minimum absolute atomic E-state index is 0.127. The zero-order valence-corrected chi connectivity index (χ0v) is 15.8. The van der Waals surface area contributed by atoms with Gasteiger partial charge in [-0.25, -0.2) is 4.39 Å². The molecule has 0 fully saturated rings.